The molecule has 0 unspecified atom stereocenters. The van der Waals surface area contributed by atoms with Gasteiger partial charge in [0.2, 0.25) is 5.78 Å². The largest absolute Gasteiger partial charge is 0.462 e. The second-order valence-corrected chi connectivity index (χ2v) is 5.39. The highest BCUT2D eigenvalue weighted by atomic mass is 16.5. The fourth-order valence-corrected chi connectivity index (χ4v) is 2.58. The highest BCUT2D eigenvalue weighted by Crippen LogP contribution is 2.23. The second-order valence-electron chi connectivity index (χ2n) is 5.39. The number of nitrogens with one attached hydrogen (secondary N) is 1. The van der Waals surface area contributed by atoms with Gasteiger partial charge in [-0.05, 0) is 39.0 Å². The number of nitrogens with zero attached hydrogens (tertiary/aromatic N) is 2. The zero-order valence-electron chi connectivity index (χ0n) is 14.1. The highest BCUT2D eigenvalue weighted by molar-refractivity contribution is 6.19. The fraction of sp³-hybridized carbons (Fsp3) is 0.278. The normalized spacial score (nSPS) is 11.2. The van der Waals surface area contributed by atoms with Gasteiger partial charge in [-0.15, -0.1) is 0 Å². The summed E-state index contributed by atoms with van der Waals surface area (Å²) in [5.41, 5.74) is 2.14. The van der Waals surface area contributed by atoms with E-state index in [9.17, 15) is 14.9 Å². The summed E-state index contributed by atoms with van der Waals surface area (Å²) in [5.74, 6) is -1.07. The maximum absolute atomic E-state index is 12.8. The molecule has 0 bridgehead atoms. The third-order valence-corrected chi connectivity index (χ3v) is 3.72. The number of nitriles is 1. The lowest BCUT2D eigenvalue weighted by molar-refractivity contribution is 0.0523. The highest BCUT2D eigenvalue weighted by Gasteiger charge is 2.27. The lowest BCUT2D eigenvalue weighted by atomic mass is 9.99. The Kier molecular flexibility index (Phi) is 5.05. The molecule has 6 heteroatoms. The third kappa shape index (κ3) is 3.15. The Bertz CT molecular complexity index is 863. The van der Waals surface area contributed by atoms with Crippen molar-refractivity contribution in [2.75, 3.05) is 6.61 Å². The number of aromatic amines is 1. The molecule has 24 heavy (non-hydrogen) atoms. The van der Waals surface area contributed by atoms with Crippen molar-refractivity contribution in [3.63, 3.8) is 0 Å². The molecule has 0 aromatic carbocycles. The van der Waals surface area contributed by atoms with E-state index >= 15 is 0 Å². The molecule has 0 aliphatic rings. The number of aromatic nitrogens is 2. The maximum atomic E-state index is 12.8. The van der Waals surface area contributed by atoms with Gasteiger partial charge in [0.05, 0.1) is 17.7 Å². The number of esters is 1. The lowest BCUT2D eigenvalue weighted by Gasteiger charge is -2.05. The summed E-state index contributed by atoms with van der Waals surface area (Å²) in [7, 11) is 1.82. The zero-order chi connectivity index (χ0) is 17.9. The smallest absolute Gasteiger partial charge is 0.340 e. The van der Waals surface area contributed by atoms with Gasteiger partial charge in [-0.3, -0.25) is 4.79 Å². The number of rotatable bonds is 5. The molecule has 1 N–H and O–H groups in total. The molecule has 0 amide bonds. The van der Waals surface area contributed by atoms with Crippen molar-refractivity contribution in [2.45, 2.75) is 20.8 Å². The Morgan fingerprint density at radius 1 is 1.33 bits per heavy atom. The first-order chi connectivity index (χ1) is 11.4. The Morgan fingerprint density at radius 2 is 2.00 bits per heavy atom. The standard InChI is InChI=1S/C18H19N3O3/c1-5-24-18(23)16-12(3)20-11(2)15(16)17(22)13(10-19)9-14-7-6-8-21(14)4/h6-9,20H,5H2,1-4H3. The van der Waals surface area contributed by atoms with Crippen molar-refractivity contribution in [3.05, 3.63) is 52.1 Å². The van der Waals surface area contributed by atoms with E-state index in [1.165, 1.54) is 6.08 Å². The molecule has 0 spiro atoms. The van der Waals surface area contributed by atoms with Crippen LogP contribution in [-0.4, -0.2) is 27.9 Å². The molecule has 2 aromatic rings. The summed E-state index contributed by atoms with van der Waals surface area (Å²) >= 11 is 0. The van der Waals surface area contributed by atoms with Crippen LogP contribution in [0, 0.1) is 25.2 Å². The molecule has 0 atom stereocenters. The van der Waals surface area contributed by atoms with Crippen LogP contribution in [0.1, 0.15) is 44.7 Å². The molecule has 0 radical (unpaired) electrons. The Balaban J connectivity index is 2.53. The van der Waals surface area contributed by atoms with Crippen LogP contribution in [0.4, 0.5) is 0 Å². The van der Waals surface area contributed by atoms with Crippen LogP contribution in [0.2, 0.25) is 0 Å². The fourth-order valence-electron chi connectivity index (χ4n) is 2.58. The third-order valence-electron chi connectivity index (χ3n) is 3.72. The maximum Gasteiger partial charge on any atom is 0.340 e. The van der Waals surface area contributed by atoms with E-state index in [0.29, 0.717) is 11.4 Å². The minimum absolute atomic E-state index is 0.0375. The molecule has 0 saturated heterocycles. The SMILES string of the molecule is CCOC(=O)c1c(C)[nH]c(C)c1C(=O)C(C#N)=Cc1cccn1C. The average Bonchev–Trinajstić information content (AvgIpc) is 3.06. The first kappa shape index (κ1) is 17.3. The number of ketones is 1. The van der Waals surface area contributed by atoms with Crippen LogP contribution in [0.3, 0.4) is 0 Å². The van der Waals surface area contributed by atoms with Gasteiger partial charge in [0.25, 0.3) is 0 Å². The number of H-pyrrole nitrogens is 1. The first-order valence-corrected chi connectivity index (χ1v) is 7.54. The molecule has 2 heterocycles. The van der Waals surface area contributed by atoms with Crippen LogP contribution in [0.25, 0.3) is 6.08 Å². The van der Waals surface area contributed by atoms with Crippen molar-refractivity contribution in [3.8, 4) is 6.07 Å². The Morgan fingerprint density at radius 3 is 2.54 bits per heavy atom. The molecule has 0 saturated carbocycles. The number of hydrogen-bond donors (Lipinski definition) is 1. The van der Waals surface area contributed by atoms with Crippen molar-refractivity contribution in [1.82, 2.24) is 9.55 Å². The monoisotopic (exact) mass is 325 g/mol. The number of aryl methyl sites for hydroxylation is 3. The van der Waals surface area contributed by atoms with Crippen molar-refractivity contribution < 1.29 is 14.3 Å². The minimum Gasteiger partial charge on any atom is -0.462 e. The van der Waals surface area contributed by atoms with Crippen molar-refractivity contribution >= 4 is 17.8 Å². The molecule has 0 fully saturated rings. The van der Waals surface area contributed by atoms with Crippen LogP contribution >= 0.6 is 0 Å². The van der Waals surface area contributed by atoms with Gasteiger partial charge in [0.1, 0.15) is 11.6 Å². The summed E-state index contributed by atoms with van der Waals surface area (Å²) in [6.45, 7) is 5.30. The van der Waals surface area contributed by atoms with Gasteiger partial charge in [0, 0.05) is 30.3 Å². The van der Waals surface area contributed by atoms with Gasteiger partial charge in [-0.25, -0.2) is 4.79 Å². The number of ether oxygens (including phenoxy) is 1. The lowest BCUT2D eigenvalue weighted by Crippen LogP contribution is -2.13. The summed E-state index contributed by atoms with van der Waals surface area (Å²) in [4.78, 5) is 28.0. The van der Waals surface area contributed by atoms with E-state index in [1.54, 1.807) is 31.4 Å². The summed E-state index contributed by atoms with van der Waals surface area (Å²) in [6, 6.07) is 5.55. The number of Topliss-reactive ketones (excluding diaryl/α,β-unsaturated/α-hetero) is 1. The number of carbonyl (C=O) groups excluding carboxylic acids is 2. The quantitative estimate of drug-likeness (QED) is 0.396. The molecular formula is C18H19N3O3. The van der Waals surface area contributed by atoms with E-state index in [4.69, 9.17) is 4.74 Å². The van der Waals surface area contributed by atoms with Gasteiger partial charge < -0.3 is 14.3 Å². The number of carbonyl (C=O) groups is 2. The number of hydrogen-bond acceptors (Lipinski definition) is 4. The molecule has 2 rings (SSSR count). The van der Waals surface area contributed by atoms with Gasteiger partial charge in [0.15, 0.2) is 0 Å². The van der Waals surface area contributed by atoms with Crippen molar-refractivity contribution in [2.24, 2.45) is 7.05 Å². The number of allylic oxidation sites excluding steroid dienone is 1. The molecule has 6 nitrogen and oxygen atoms in total. The van der Waals surface area contributed by atoms with E-state index in [-0.39, 0.29) is 23.3 Å². The van der Waals surface area contributed by atoms with E-state index in [2.05, 4.69) is 4.98 Å². The Hall–Kier alpha value is -3.07. The van der Waals surface area contributed by atoms with E-state index in [1.807, 2.05) is 25.4 Å². The molecule has 2 aromatic heterocycles. The van der Waals surface area contributed by atoms with Gasteiger partial charge >= 0.3 is 5.97 Å². The van der Waals surface area contributed by atoms with Crippen LogP contribution < -0.4 is 0 Å². The van der Waals surface area contributed by atoms with E-state index < -0.39 is 11.8 Å². The molecular weight excluding hydrogens is 306 g/mol. The van der Waals surface area contributed by atoms with E-state index in [0.717, 1.165) is 5.69 Å². The predicted octanol–water partition coefficient (Wildman–Crippen LogP) is 2.94. The first-order valence-electron chi connectivity index (χ1n) is 7.54. The molecule has 124 valence electrons. The second kappa shape index (κ2) is 7.01. The van der Waals surface area contributed by atoms with Crippen LogP contribution in [0.5, 0.6) is 0 Å². The molecule has 0 aliphatic heterocycles. The minimum atomic E-state index is -0.571. The van der Waals surface area contributed by atoms with Crippen molar-refractivity contribution in [1.29, 1.82) is 5.26 Å². The topological polar surface area (TPSA) is 87.9 Å². The van der Waals surface area contributed by atoms with Crippen LogP contribution in [-0.2, 0) is 11.8 Å². The Labute approximate surface area is 140 Å². The zero-order valence-corrected chi connectivity index (χ0v) is 14.1. The predicted molar refractivity (Wildman–Crippen MR) is 89.6 cm³/mol. The average molecular weight is 325 g/mol. The summed E-state index contributed by atoms with van der Waals surface area (Å²) < 4.78 is 6.83. The van der Waals surface area contributed by atoms with Gasteiger partial charge in [-0.1, -0.05) is 0 Å². The molecule has 0 aliphatic carbocycles. The summed E-state index contributed by atoms with van der Waals surface area (Å²) in [6.07, 6.45) is 3.33. The van der Waals surface area contributed by atoms with Crippen LogP contribution in [0.15, 0.2) is 23.9 Å². The summed E-state index contributed by atoms with van der Waals surface area (Å²) in [5, 5.41) is 9.40. The van der Waals surface area contributed by atoms with Gasteiger partial charge in [-0.2, -0.15) is 5.26 Å².